The van der Waals surface area contributed by atoms with Gasteiger partial charge in [0.1, 0.15) is 11.9 Å². The molecule has 4 nitrogen and oxygen atoms in total. The van der Waals surface area contributed by atoms with Gasteiger partial charge in [-0.25, -0.2) is 4.79 Å². The third kappa shape index (κ3) is 5.04. The van der Waals surface area contributed by atoms with Crippen molar-refractivity contribution in [1.29, 1.82) is 0 Å². The molecule has 0 saturated carbocycles. The van der Waals surface area contributed by atoms with Crippen LogP contribution in [0.4, 0.5) is 0 Å². The van der Waals surface area contributed by atoms with Crippen molar-refractivity contribution in [3.8, 4) is 5.75 Å². The smallest absolute Gasteiger partial charge is 0.335 e. The van der Waals surface area contributed by atoms with E-state index in [1.165, 1.54) is 16.3 Å². The number of ether oxygens (including phenoxy) is 1. The van der Waals surface area contributed by atoms with Crippen molar-refractivity contribution in [2.24, 2.45) is 0 Å². The summed E-state index contributed by atoms with van der Waals surface area (Å²) < 4.78 is 6.40. The minimum absolute atomic E-state index is 0. The fraction of sp³-hybridized carbons (Fsp3) is 0.233. The van der Waals surface area contributed by atoms with E-state index in [2.05, 4.69) is 67.7 Å². The lowest BCUT2D eigenvalue weighted by Gasteiger charge is -2.34. The van der Waals surface area contributed by atoms with Crippen LogP contribution in [0.5, 0.6) is 5.75 Å². The van der Waals surface area contributed by atoms with Gasteiger partial charge in [0.25, 0.3) is 0 Å². The zero-order valence-corrected chi connectivity index (χ0v) is 20.7. The highest BCUT2D eigenvalue weighted by Crippen LogP contribution is 2.41. The molecule has 2 N–H and O–H groups in total. The van der Waals surface area contributed by atoms with Crippen LogP contribution < -0.4 is 10.1 Å². The molecule has 5 rings (SSSR count). The summed E-state index contributed by atoms with van der Waals surface area (Å²) in [5, 5.41) is 15.7. The Bertz CT molecular complexity index is 1350. The van der Waals surface area contributed by atoms with Crippen molar-refractivity contribution >= 4 is 29.1 Å². The van der Waals surface area contributed by atoms with E-state index in [1.54, 1.807) is 6.07 Å². The zero-order chi connectivity index (χ0) is 23.7. The molecule has 4 aromatic rings. The first kappa shape index (κ1) is 24.8. The van der Waals surface area contributed by atoms with Crippen LogP contribution in [0.25, 0.3) is 10.8 Å². The van der Waals surface area contributed by atoms with Crippen LogP contribution in [0.1, 0.15) is 57.9 Å². The van der Waals surface area contributed by atoms with Gasteiger partial charge < -0.3 is 15.2 Å². The Morgan fingerprint density at radius 1 is 1.00 bits per heavy atom. The molecule has 180 valence electrons. The average molecular weight is 488 g/mol. The van der Waals surface area contributed by atoms with Crippen molar-refractivity contribution in [2.75, 3.05) is 6.54 Å². The van der Waals surface area contributed by atoms with Gasteiger partial charge in [0.15, 0.2) is 0 Å². The van der Waals surface area contributed by atoms with E-state index in [0.29, 0.717) is 12.1 Å². The number of aromatic carboxylic acids is 1. The van der Waals surface area contributed by atoms with Crippen LogP contribution in [0, 0.1) is 6.92 Å². The van der Waals surface area contributed by atoms with Gasteiger partial charge in [-0.15, -0.1) is 12.4 Å². The van der Waals surface area contributed by atoms with E-state index in [0.717, 1.165) is 28.9 Å². The maximum Gasteiger partial charge on any atom is 0.335 e. The lowest BCUT2D eigenvalue weighted by atomic mass is 9.81. The molecule has 0 amide bonds. The molecular formula is C30H30ClNO3. The number of rotatable bonds is 6. The van der Waals surface area contributed by atoms with Gasteiger partial charge in [-0.1, -0.05) is 66.7 Å². The number of hydrogen-bond donors (Lipinski definition) is 2. The van der Waals surface area contributed by atoms with Gasteiger partial charge in [0.2, 0.25) is 0 Å². The second-order valence-corrected chi connectivity index (χ2v) is 9.14. The van der Waals surface area contributed by atoms with Gasteiger partial charge in [-0.3, -0.25) is 0 Å². The number of hydrogen-bond acceptors (Lipinski definition) is 3. The van der Waals surface area contributed by atoms with Crippen LogP contribution in [0.2, 0.25) is 0 Å². The predicted molar refractivity (Wildman–Crippen MR) is 143 cm³/mol. The standard InChI is InChI=1S/C30H29NO3.ClH/c1-19-14-15-22(30(32)33)16-27(19)28-17-23(34-29-13-6-5-11-26(28)29)18-31-20(2)24-12-7-9-21-8-3-4-10-25(21)24;/h3-16,20,23,28,31H,17-18H2,1-2H3,(H,32,33);1H/t20-,23?,28?;/m1./s1. The van der Waals surface area contributed by atoms with Crippen molar-refractivity contribution < 1.29 is 14.6 Å². The molecule has 0 aliphatic carbocycles. The van der Waals surface area contributed by atoms with Crippen LogP contribution in [0.15, 0.2) is 84.9 Å². The Kier molecular flexibility index (Phi) is 7.44. The number of para-hydroxylation sites is 1. The van der Waals surface area contributed by atoms with E-state index < -0.39 is 5.97 Å². The predicted octanol–water partition coefficient (Wildman–Crippen LogP) is 6.90. The SMILES string of the molecule is Cc1ccc(C(=O)O)cc1C1CC(CN[C@H](C)c2cccc3ccccc23)Oc2ccccc21.Cl. The van der Waals surface area contributed by atoms with Crippen molar-refractivity contribution in [1.82, 2.24) is 5.32 Å². The van der Waals surface area contributed by atoms with Gasteiger partial charge in [0.05, 0.1) is 5.56 Å². The third-order valence-electron chi connectivity index (χ3n) is 6.93. The number of fused-ring (bicyclic) bond motifs is 2. The quantitative estimate of drug-likeness (QED) is 0.310. The average Bonchev–Trinajstić information content (AvgIpc) is 2.86. The van der Waals surface area contributed by atoms with E-state index in [4.69, 9.17) is 4.74 Å². The van der Waals surface area contributed by atoms with E-state index in [-0.39, 0.29) is 30.5 Å². The molecule has 3 atom stereocenters. The minimum Gasteiger partial charge on any atom is -0.489 e. The maximum absolute atomic E-state index is 11.6. The summed E-state index contributed by atoms with van der Waals surface area (Å²) in [7, 11) is 0. The monoisotopic (exact) mass is 487 g/mol. The summed E-state index contributed by atoms with van der Waals surface area (Å²) in [5.74, 6) is 0.0659. The summed E-state index contributed by atoms with van der Waals surface area (Å²) >= 11 is 0. The molecule has 35 heavy (non-hydrogen) atoms. The third-order valence-corrected chi connectivity index (χ3v) is 6.93. The number of aryl methyl sites for hydroxylation is 1. The van der Waals surface area contributed by atoms with Gasteiger partial charge >= 0.3 is 5.97 Å². The molecule has 0 radical (unpaired) electrons. The second-order valence-electron chi connectivity index (χ2n) is 9.14. The fourth-order valence-electron chi connectivity index (χ4n) is 5.11. The van der Waals surface area contributed by atoms with E-state index in [1.807, 2.05) is 30.3 Å². The Hall–Kier alpha value is -3.34. The number of halogens is 1. The number of carbonyl (C=O) groups is 1. The van der Waals surface area contributed by atoms with Crippen molar-refractivity contribution in [3.63, 3.8) is 0 Å². The molecule has 0 spiro atoms. The molecule has 1 aliphatic heterocycles. The van der Waals surface area contributed by atoms with Crippen LogP contribution in [0.3, 0.4) is 0 Å². The summed E-state index contributed by atoms with van der Waals surface area (Å²) in [6.45, 7) is 4.94. The van der Waals surface area contributed by atoms with Crippen molar-refractivity contribution in [2.45, 2.75) is 38.3 Å². The molecule has 0 fully saturated rings. The van der Waals surface area contributed by atoms with Crippen molar-refractivity contribution in [3.05, 3.63) is 113 Å². The number of carboxylic acids is 1. The maximum atomic E-state index is 11.6. The normalized spacial score (nSPS) is 17.7. The highest BCUT2D eigenvalue weighted by atomic mass is 35.5. The summed E-state index contributed by atoms with van der Waals surface area (Å²) in [6, 6.07) is 28.6. The zero-order valence-electron chi connectivity index (χ0n) is 19.9. The topological polar surface area (TPSA) is 58.6 Å². The second kappa shape index (κ2) is 10.5. The number of nitrogens with one attached hydrogen (secondary N) is 1. The first-order valence-electron chi connectivity index (χ1n) is 11.8. The molecular weight excluding hydrogens is 458 g/mol. The largest absolute Gasteiger partial charge is 0.489 e. The molecule has 2 unspecified atom stereocenters. The van der Waals surface area contributed by atoms with Crippen LogP contribution in [-0.4, -0.2) is 23.7 Å². The Morgan fingerprint density at radius 2 is 1.74 bits per heavy atom. The highest BCUT2D eigenvalue weighted by Gasteiger charge is 2.30. The fourth-order valence-corrected chi connectivity index (χ4v) is 5.11. The lowest BCUT2D eigenvalue weighted by molar-refractivity contribution is 0.0696. The molecule has 4 aromatic carbocycles. The van der Waals surface area contributed by atoms with E-state index in [9.17, 15) is 9.90 Å². The highest BCUT2D eigenvalue weighted by molar-refractivity contribution is 5.88. The van der Waals surface area contributed by atoms with Gasteiger partial charge in [-0.2, -0.15) is 0 Å². The molecule has 1 aliphatic rings. The first-order valence-corrected chi connectivity index (χ1v) is 11.8. The molecule has 0 aromatic heterocycles. The summed E-state index contributed by atoms with van der Waals surface area (Å²) in [4.78, 5) is 11.6. The first-order chi connectivity index (χ1) is 16.5. The molecule has 0 bridgehead atoms. The van der Waals surface area contributed by atoms with Crippen LogP contribution in [-0.2, 0) is 0 Å². The minimum atomic E-state index is -0.899. The molecule has 1 heterocycles. The Morgan fingerprint density at radius 3 is 2.57 bits per heavy atom. The Balaban J connectivity index is 0.00000289. The molecule has 5 heteroatoms. The van der Waals surface area contributed by atoms with Gasteiger partial charge in [-0.05, 0) is 65.9 Å². The Labute approximate surface area is 212 Å². The number of carboxylic acid groups (broad SMARTS) is 1. The number of benzene rings is 4. The summed E-state index contributed by atoms with van der Waals surface area (Å²) in [6.07, 6.45) is 0.765. The summed E-state index contributed by atoms with van der Waals surface area (Å²) in [5.41, 5.74) is 4.87. The van der Waals surface area contributed by atoms with E-state index >= 15 is 0 Å². The van der Waals surface area contributed by atoms with Gasteiger partial charge in [0, 0.05) is 24.1 Å². The molecule has 0 saturated heterocycles. The lowest BCUT2D eigenvalue weighted by Crippen LogP contribution is -2.37. The van der Waals surface area contributed by atoms with Crippen LogP contribution >= 0.6 is 12.4 Å².